The molecule has 3 N–H and O–H groups in total. The number of benzene rings is 3. The van der Waals surface area contributed by atoms with Crippen molar-refractivity contribution in [1.29, 1.82) is 5.26 Å². The first kappa shape index (κ1) is 26.6. The molecule has 5 amide bonds. The van der Waals surface area contributed by atoms with Crippen molar-refractivity contribution >= 4 is 29.4 Å². The van der Waals surface area contributed by atoms with Gasteiger partial charge in [0.05, 0.1) is 17.2 Å². The van der Waals surface area contributed by atoms with Gasteiger partial charge in [0.2, 0.25) is 11.8 Å². The van der Waals surface area contributed by atoms with Crippen molar-refractivity contribution in [2.75, 3.05) is 5.32 Å². The van der Waals surface area contributed by atoms with Crippen molar-refractivity contribution in [1.82, 2.24) is 15.5 Å². The SMILES string of the molecule is Cc1cc(C#N)cc(-c2ccc(C(C)(C)NC(=O)Nc3ccc4c(c3)CN(C3CCC(=O)NC3=O)C4=O)cc2)c1. The summed E-state index contributed by atoms with van der Waals surface area (Å²) in [5.74, 6) is -1.06. The fraction of sp³-hybridized carbons (Fsp3) is 0.258. The molecule has 9 nitrogen and oxygen atoms in total. The van der Waals surface area contributed by atoms with Gasteiger partial charge >= 0.3 is 6.03 Å². The summed E-state index contributed by atoms with van der Waals surface area (Å²) < 4.78 is 0. The first-order chi connectivity index (χ1) is 19.0. The van der Waals surface area contributed by atoms with Gasteiger partial charge < -0.3 is 15.5 Å². The normalized spacial score (nSPS) is 16.7. The van der Waals surface area contributed by atoms with Gasteiger partial charge in [-0.15, -0.1) is 0 Å². The third-order valence-corrected chi connectivity index (χ3v) is 7.35. The van der Waals surface area contributed by atoms with Crippen LogP contribution in [-0.4, -0.2) is 34.7 Å². The Kier molecular flexibility index (Phi) is 6.86. The van der Waals surface area contributed by atoms with E-state index in [0.717, 1.165) is 22.3 Å². The van der Waals surface area contributed by atoms with E-state index in [4.69, 9.17) is 0 Å². The van der Waals surface area contributed by atoms with Gasteiger partial charge in [-0.05, 0) is 85.3 Å². The van der Waals surface area contributed by atoms with Gasteiger partial charge in [-0.25, -0.2) is 4.79 Å². The molecule has 1 fully saturated rings. The summed E-state index contributed by atoms with van der Waals surface area (Å²) in [4.78, 5) is 51.1. The minimum atomic E-state index is -0.692. The predicted molar refractivity (Wildman–Crippen MR) is 149 cm³/mol. The lowest BCUT2D eigenvalue weighted by Crippen LogP contribution is -2.52. The number of nitrogens with one attached hydrogen (secondary N) is 3. The van der Waals surface area contributed by atoms with Crippen LogP contribution >= 0.6 is 0 Å². The molecule has 1 saturated heterocycles. The molecule has 1 unspecified atom stereocenters. The summed E-state index contributed by atoms with van der Waals surface area (Å²) >= 11 is 0. The van der Waals surface area contributed by atoms with Crippen LogP contribution in [0.25, 0.3) is 11.1 Å². The number of fused-ring (bicyclic) bond motifs is 1. The number of amides is 5. The molecule has 40 heavy (non-hydrogen) atoms. The quantitative estimate of drug-likeness (QED) is 0.418. The average Bonchev–Trinajstić information content (AvgIpc) is 3.23. The van der Waals surface area contributed by atoms with Crippen LogP contribution < -0.4 is 16.0 Å². The van der Waals surface area contributed by atoms with E-state index in [1.54, 1.807) is 18.2 Å². The molecular formula is C31H29N5O4. The summed E-state index contributed by atoms with van der Waals surface area (Å²) in [6, 6.07) is 19.7. The van der Waals surface area contributed by atoms with Gasteiger partial charge in [-0.3, -0.25) is 19.7 Å². The van der Waals surface area contributed by atoms with Gasteiger partial charge in [-0.2, -0.15) is 5.26 Å². The Hall–Kier alpha value is -4.97. The number of aryl methyl sites for hydroxylation is 1. The molecule has 2 aliphatic rings. The molecule has 9 heteroatoms. The maximum Gasteiger partial charge on any atom is 0.319 e. The molecule has 2 aliphatic heterocycles. The summed E-state index contributed by atoms with van der Waals surface area (Å²) in [7, 11) is 0. The Bertz CT molecular complexity index is 1590. The van der Waals surface area contributed by atoms with E-state index in [1.165, 1.54) is 4.90 Å². The highest BCUT2D eigenvalue weighted by Gasteiger charge is 2.39. The average molecular weight is 536 g/mol. The van der Waals surface area contributed by atoms with E-state index >= 15 is 0 Å². The van der Waals surface area contributed by atoms with Crippen LogP contribution in [0.4, 0.5) is 10.5 Å². The van der Waals surface area contributed by atoms with Crippen LogP contribution in [0, 0.1) is 18.3 Å². The molecule has 3 aromatic carbocycles. The first-order valence-electron chi connectivity index (χ1n) is 13.0. The number of imide groups is 1. The predicted octanol–water partition coefficient (Wildman–Crippen LogP) is 4.35. The zero-order valence-corrected chi connectivity index (χ0v) is 22.5. The largest absolute Gasteiger partial charge is 0.329 e. The maximum absolute atomic E-state index is 12.9. The van der Waals surface area contributed by atoms with Crippen molar-refractivity contribution in [3.63, 3.8) is 0 Å². The van der Waals surface area contributed by atoms with Crippen molar-refractivity contribution in [2.24, 2.45) is 0 Å². The first-order valence-corrected chi connectivity index (χ1v) is 13.0. The van der Waals surface area contributed by atoms with Gasteiger partial charge in [0.15, 0.2) is 0 Å². The summed E-state index contributed by atoms with van der Waals surface area (Å²) in [5, 5.41) is 17.4. The second kappa shape index (κ2) is 10.3. The zero-order chi connectivity index (χ0) is 28.6. The molecule has 3 aromatic rings. The molecule has 202 valence electrons. The highest BCUT2D eigenvalue weighted by Crippen LogP contribution is 2.30. The molecule has 1 atom stereocenters. The minimum Gasteiger partial charge on any atom is -0.329 e. The molecule has 0 aliphatic carbocycles. The van der Waals surface area contributed by atoms with Crippen LogP contribution in [0.2, 0.25) is 0 Å². The van der Waals surface area contributed by atoms with E-state index < -0.39 is 23.5 Å². The highest BCUT2D eigenvalue weighted by atomic mass is 16.2. The van der Waals surface area contributed by atoms with Crippen LogP contribution in [0.3, 0.4) is 0 Å². The van der Waals surface area contributed by atoms with Crippen molar-refractivity contribution < 1.29 is 19.2 Å². The molecule has 5 rings (SSSR count). The number of anilines is 1. The number of hydrogen-bond acceptors (Lipinski definition) is 5. The van der Waals surface area contributed by atoms with Gasteiger partial charge in [0.1, 0.15) is 6.04 Å². The van der Waals surface area contributed by atoms with Crippen LogP contribution in [-0.2, 0) is 21.7 Å². The lowest BCUT2D eigenvalue weighted by atomic mass is 9.92. The van der Waals surface area contributed by atoms with Crippen LogP contribution in [0.1, 0.15) is 59.3 Å². The summed E-state index contributed by atoms with van der Waals surface area (Å²) in [6.45, 7) is 5.99. The molecule has 0 saturated carbocycles. The van der Waals surface area contributed by atoms with E-state index in [0.29, 0.717) is 28.8 Å². The second-order valence-corrected chi connectivity index (χ2v) is 10.8. The number of urea groups is 1. The second-order valence-electron chi connectivity index (χ2n) is 10.8. The lowest BCUT2D eigenvalue weighted by Gasteiger charge is -2.29. The number of rotatable bonds is 5. The van der Waals surface area contributed by atoms with Crippen molar-refractivity contribution in [3.05, 3.63) is 88.5 Å². The van der Waals surface area contributed by atoms with Crippen LogP contribution in [0.5, 0.6) is 0 Å². The molecule has 0 aromatic heterocycles. The Labute approximate surface area is 232 Å². The standard InChI is InChI=1S/C31H29N5O4/c1-18-12-19(16-32)14-21(13-18)20-4-6-23(7-5-20)31(2,3)35-30(40)33-24-8-9-25-22(15-24)17-36(29(25)39)26-10-11-27(37)34-28(26)38/h4-9,12-15,26H,10-11,17H2,1-3H3,(H2,33,35,40)(H,34,37,38). The van der Waals surface area contributed by atoms with Crippen molar-refractivity contribution in [3.8, 4) is 17.2 Å². The third kappa shape index (κ3) is 5.29. The van der Waals surface area contributed by atoms with Gasteiger partial charge in [-0.1, -0.05) is 30.3 Å². The molecular weight excluding hydrogens is 506 g/mol. The number of hydrogen-bond donors (Lipinski definition) is 3. The Morgan fingerprint density at radius 3 is 2.48 bits per heavy atom. The van der Waals surface area contributed by atoms with E-state index in [1.807, 2.05) is 63.2 Å². The topological polar surface area (TPSA) is 131 Å². The number of piperidine rings is 1. The molecule has 0 bridgehead atoms. The number of nitrogens with zero attached hydrogens (tertiary/aromatic N) is 2. The van der Waals surface area contributed by atoms with E-state index in [-0.39, 0.29) is 24.8 Å². The minimum absolute atomic E-state index is 0.191. The highest BCUT2D eigenvalue weighted by molar-refractivity contribution is 6.05. The third-order valence-electron chi connectivity index (χ3n) is 7.35. The van der Waals surface area contributed by atoms with Crippen molar-refractivity contribution in [2.45, 2.75) is 51.7 Å². The van der Waals surface area contributed by atoms with Gasteiger partial charge in [0.25, 0.3) is 5.91 Å². The fourth-order valence-corrected chi connectivity index (χ4v) is 5.26. The lowest BCUT2D eigenvalue weighted by molar-refractivity contribution is -0.136. The number of carbonyl (C=O) groups excluding carboxylic acids is 4. The van der Waals surface area contributed by atoms with E-state index in [2.05, 4.69) is 22.0 Å². The zero-order valence-electron chi connectivity index (χ0n) is 22.5. The number of carbonyl (C=O) groups is 4. The molecule has 2 heterocycles. The molecule has 0 radical (unpaired) electrons. The smallest absolute Gasteiger partial charge is 0.319 e. The summed E-state index contributed by atoms with van der Waals surface area (Å²) in [6.07, 6.45) is 0.482. The van der Waals surface area contributed by atoms with E-state index in [9.17, 15) is 24.4 Å². The Balaban J connectivity index is 1.24. The summed E-state index contributed by atoms with van der Waals surface area (Å²) in [5.41, 5.74) is 5.47. The van der Waals surface area contributed by atoms with Crippen LogP contribution in [0.15, 0.2) is 60.7 Å². The maximum atomic E-state index is 12.9. The molecule has 0 spiro atoms. The Morgan fingerprint density at radius 2 is 1.77 bits per heavy atom. The van der Waals surface area contributed by atoms with Gasteiger partial charge in [0, 0.05) is 24.2 Å². The monoisotopic (exact) mass is 535 g/mol. The Morgan fingerprint density at radius 1 is 1.02 bits per heavy atom. The fourth-order valence-electron chi connectivity index (χ4n) is 5.26. The number of nitriles is 1.